The summed E-state index contributed by atoms with van der Waals surface area (Å²) in [5, 5.41) is 12.7. The lowest BCUT2D eigenvalue weighted by atomic mass is 9.93. The van der Waals surface area contributed by atoms with Crippen LogP contribution < -0.4 is 5.32 Å². The van der Waals surface area contributed by atoms with E-state index in [-0.39, 0.29) is 24.3 Å². The predicted molar refractivity (Wildman–Crippen MR) is 147 cm³/mol. The molecule has 3 heterocycles. The van der Waals surface area contributed by atoms with Crippen molar-refractivity contribution in [2.45, 2.75) is 51.5 Å². The Kier molecular flexibility index (Phi) is 7.69. The van der Waals surface area contributed by atoms with E-state index in [9.17, 15) is 4.79 Å². The lowest BCUT2D eigenvalue weighted by molar-refractivity contribution is -0.121. The molecule has 1 N–H and O–H groups in total. The summed E-state index contributed by atoms with van der Waals surface area (Å²) in [5.41, 5.74) is 6.83. The van der Waals surface area contributed by atoms with Crippen LogP contribution in [0.5, 0.6) is 0 Å². The number of methoxy groups -OCH3 is 1. The first-order valence-electron chi connectivity index (χ1n) is 13.3. The average Bonchev–Trinajstić information content (AvgIpc) is 3.61. The first kappa shape index (κ1) is 25.9. The smallest absolute Gasteiger partial charge is 0.226 e. The van der Waals surface area contributed by atoms with Gasteiger partial charge in [0.25, 0.3) is 0 Å². The van der Waals surface area contributed by atoms with Crippen LogP contribution in [0.15, 0.2) is 61.1 Å². The van der Waals surface area contributed by atoms with Gasteiger partial charge in [-0.1, -0.05) is 18.2 Å². The lowest BCUT2D eigenvalue weighted by Gasteiger charge is -2.22. The second kappa shape index (κ2) is 11.3. The molecule has 3 aromatic heterocycles. The number of benzene rings is 1. The van der Waals surface area contributed by atoms with Crippen molar-refractivity contribution >= 4 is 5.91 Å². The average molecular weight is 513 g/mol. The molecule has 3 atom stereocenters. The van der Waals surface area contributed by atoms with Gasteiger partial charge in [-0.3, -0.25) is 14.5 Å². The quantitative estimate of drug-likeness (QED) is 0.356. The van der Waals surface area contributed by atoms with Crippen LogP contribution >= 0.6 is 0 Å². The van der Waals surface area contributed by atoms with Crippen LogP contribution in [-0.2, 0) is 23.0 Å². The van der Waals surface area contributed by atoms with Gasteiger partial charge in [0.15, 0.2) is 0 Å². The van der Waals surface area contributed by atoms with Gasteiger partial charge < -0.3 is 10.1 Å². The molecule has 8 nitrogen and oxygen atoms in total. The van der Waals surface area contributed by atoms with Crippen molar-refractivity contribution in [3.8, 4) is 16.9 Å². The second-order valence-electron chi connectivity index (χ2n) is 10.4. The summed E-state index contributed by atoms with van der Waals surface area (Å²) in [5.74, 6) is 0.775. The minimum atomic E-state index is 0.0103. The fourth-order valence-electron chi connectivity index (χ4n) is 5.74. The first-order valence-corrected chi connectivity index (χ1v) is 13.3. The van der Waals surface area contributed by atoms with Crippen molar-refractivity contribution in [2.75, 3.05) is 13.7 Å². The highest BCUT2D eigenvalue weighted by Crippen LogP contribution is 2.40. The van der Waals surface area contributed by atoms with Crippen LogP contribution in [0.1, 0.15) is 47.7 Å². The zero-order valence-electron chi connectivity index (χ0n) is 22.6. The molecular formula is C30H36N6O2. The van der Waals surface area contributed by atoms with E-state index in [0.717, 1.165) is 59.8 Å². The molecule has 0 bridgehead atoms. The molecule has 1 saturated carbocycles. The second-order valence-corrected chi connectivity index (χ2v) is 10.4. The molecule has 0 radical (unpaired) electrons. The lowest BCUT2D eigenvalue weighted by Crippen LogP contribution is -2.38. The molecule has 1 aliphatic rings. The van der Waals surface area contributed by atoms with Gasteiger partial charge in [0.2, 0.25) is 5.91 Å². The van der Waals surface area contributed by atoms with Crippen molar-refractivity contribution in [2.24, 2.45) is 13.0 Å². The molecule has 0 aliphatic heterocycles. The Bertz CT molecular complexity index is 1390. The molecule has 0 spiro atoms. The van der Waals surface area contributed by atoms with Crippen molar-refractivity contribution in [1.82, 2.24) is 29.9 Å². The first-order chi connectivity index (χ1) is 18.4. The summed E-state index contributed by atoms with van der Waals surface area (Å²) < 4.78 is 9.02. The Morgan fingerprint density at radius 3 is 2.68 bits per heavy atom. The number of hydrogen-bond acceptors (Lipinski definition) is 5. The summed E-state index contributed by atoms with van der Waals surface area (Å²) in [7, 11) is 3.64. The summed E-state index contributed by atoms with van der Waals surface area (Å²) in [4.78, 5) is 18.0. The molecule has 4 aromatic rings. The Balaban J connectivity index is 1.41. The molecule has 0 saturated heterocycles. The number of ether oxygens (including phenoxy) is 1. The number of carbonyl (C=O) groups excluding carboxylic acids is 1. The number of nitrogens with zero attached hydrogens (tertiary/aromatic N) is 5. The van der Waals surface area contributed by atoms with Crippen LogP contribution in [-0.4, -0.2) is 50.2 Å². The maximum atomic E-state index is 13.6. The summed E-state index contributed by atoms with van der Waals surface area (Å²) >= 11 is 0. The molecule has 5 rings (SSSR count). The normalized spacial score (nSPS) is 19.1. The summed E-state index contributed by atoms with van der Waals surface area (Å²) in [6.07, 6.45) is 8.85. The van der Waals surface area contributed by atoms with Crippen LogP contribution in [0, 0.1) is 19.8 Å². The zero-order valence-corrected chi connectivity index (χ0v) is 22.6. The van der Waals surface area contributed by atoms with Gasteiger partial charge in [-0.25, -0.2) is 4.68 Å². The Morgan fingerprint density at radius 2 is 1.97 bits per heavy atom. The number of aryl methyl sites for hydroxylation is 2. The molecule has 38 heavy (non-hydrogen) atoms. The molecule has 8 heteroatoms. The number of amides is 1. The van der Waals surface area contributed by atoms with Crippen molar-refractivity contribution in [3.63, 3.8) is 0 Å². The highest BCUT2D eigenvalue weighted by Gasteiger charge is 2.36. The molecule has 0 unspecified atom stereocenters. The molecule has 198 valence electrons. The molecular weight excluding hydrogens is 476 g/mol. The fraction of sp³-hybridized carbons (Fsp3) is 0.400. The van der Waals surface area contributed by atoms with E-state index in [1.165, 1.54) is 5.56 Å². The largest absolute Gasteiger partial charge is 0.385 e. The monoisotopic (exact) mass is 512 g/mol. The minimum absolute atomic E-state index is 0.0103. The van der Waals surface area contributed by atoms with E-state index < -0.39 is 0 Å². The highest BCUT2D eigenvalue weighted by atomic mass is 16.5. The van der Waals surface area contributed by atoms with E-state index in [0.29, 0.717) is 5.92 Å². The van der Waals surface area contributed by atoms with Gasteiger partial charge in [0.05, 0.1) is 29.7 Å². The number of pyridine rings is 1. The number of rotatable bonds is 9. The minimum Gasteiger partial charge on any atom is -0.385 e. The third kappa shape index (κ3) is 5.55. The number of nitrogens with one attached hydrogen (secondary N) is 1. The van der Waals surface area contributed by atoms with Crippen molar-refractivity contribution < 1.29 is 9.53 Å². The Hall–Kier alpha value is -3.78. The van der Waals surface area contributed by atoms with Crippen LogP contribution in [0.25, 0.3) is 16.9 Å². The number of aromatic nitrogens is 5. The van der Waals surface area contributed by atoms with Gasteiger partial charge >= 0.3 is 0 Å². The Morgan fingerprint density at radius 1 is 1.16 bits per heavy atom. The number of para-hydroxylation sites is 1. The standard InChI is InChI=1S/C30H36N6O2/c1-20-14-23(10-12-31-20)26-15-22(11-13-38-4)16-27(26)33-29(37)17-28-21(2)30(24-18-32-35(3)19-24)34-36(28)25-8-6-5-7-9-25/h5-10,12,14,18-19,22,26-27H,11,13,15-17H2,1-4H3,(H,33,37)/t22-,26-,27+/m0/s1. The van der Waals surface area contributed by atoms with Crippen LogP contribution in [0.2, 0.25) is 0 Å². The summed E-state index contributed by atoms with van der Waals surface area (Å²) in [6.45, 7) is 4.79. The third-order valence-corrected chi connectivity index (χ3v) is 7.64. The molecule has 1 amide bonds. The van der Waals surface area contributed by atoms with Crippen LogP contribution in [0.3, 0.4) is 0 Å². The maximum Gasteiger partial charge on any atom is 0.226 e. The number of carbonyl (C=O) groups is 1. The summed E-state index contributed by atoms with van der Waals surface area (Å²) in [6, 6.07) is 14.3. The van der Waals surface area contributed by atoms with Crippen LogP contribution in [0.4, 0.5) is 0 Å². The van der Waals surface area contributed by atoms with Gasteiger partial charge in [0.1, 0.15) is 0 Å². The number of hydrogen-bond donors (Lipinski definition) is 1. The highest BCUT2D eigenvalue weighted by molar-refractivity contribution is 5.80. The maximum absolute atomic E-state index is 13.6. The van der Waals surface area contributed by atoms with Gasteiger partial charge in [0, 0.05) is 56.4 Å². The van der Waals surface area contributed by atoms with Crippen molar-refractivity contribution in [3.05, 3.63) is 83.6 Å². The molecule has 1 aliphatic carbocycles. The van der Waals surface area contributed by atoms with E-state index in [4.69, 9.17) is 9.84 Å². The van der Waals surface area contributed by atoms with Gasteiger partial charge in [-0.05, 0) is 74.4 Å². The SMILES string of the molecule is COCC[C@@H]1C[C@@H](NC(=O)Cc2c(C)c(-c3cnn(C)c3)nn2-c2ccccc2)[C@H](c2ccnc(C)c2)C1. The van der Waals surface area contributed by atoms with Gasteiger partial charge in [-0.15, -0.1) is 0 Å². The Labute approximate surface area is 224 Å². The van der Waals surface area contributed by atoms with E-state index in [1.54, 1.807) is 11.8 Å². The van der Waals surface area contributed by atoms with E-state index in [1.807, 2.05) is 74.5 Å². The molecule has 1 fully saturated rings. The topological polar surface area (TPSA) is 86.9 Å². The van der Waals surface area contributed by atoms with E-state index >= 15 is 0 Å². The predicted octanol–water partition coefficient (Wildman–Crippen LogP) is 4.54. The third-order valence-electron chi connectivity index (χ3n) is 7.64. The fourth-order valence-corrected chi connectivity index (χ4v) is 5.74. The molecule has 1 aromatic carbocycles. The van der Waals surface area contributed by atoms with Crippen molar-refractivity contribution in [1.29, 1.82) is 0 Å². The zero-order chi connectivity index (χ0) is 26.6. The van der Waals surface area contributed by atoms with Gasteiger partial charge in [-0.2, -0.15) is 10.2 Å². The van der Waals surface area contributed by atoms with E-state index in [2.05, 4.69) is 27.5 Å².